The monoisotopic (exact) mass is 649 g/mol. The van der Waals surface area contributed by atoms with Crippen LogP contribution in [0.3, 0.4) is 0 Å². The molecule has 0 aliphatic carbocycles. The number of ether oxygens (including phenoxy) is 3. The van der Waals surface area contributed by atoms with Crippen molar-refractivity contribution in [1.82, 2.24) is 25.8 Å². The molecule has 0 saturated carbocycles. The van der Waals surface area contributed by atoms with Gasteiger partial charge in [-0.2, -0.15) is 0 Å². The molecule has 5 rings (SSSR count). The lowest BCUT2D eigenvalue weighted by Gasteiger charge is -2.43. The van der Waals surface area contributed by atoms with Crippen LogP contribution >= 0.6 is 0 Å². The van der Waals surface area contributed by atoms with Crippen molar-refractivity contribution in [2.24, 2.45) is 0 Å². The van der Waals surface area contributed by atoms with Crippen molar-refractivity contribution in [3.8, 4) is 5.75 Å². The second-order valence-electron chi connectivity index (χ2n) is 11.7. The molecule has 47 heavy (non-hydrogen) atoms. The van der Waals surface area contributed by atoms with Crippen LogP contribution in [-0.4, -0.2) is 117 Å². The summed E-state index contributed by atoms with van der Waals surface area (Å²) in [4.78, 5) is 51.5. The molecule has 0 aromatic heterocycles. The van der Waals surface area contributed by atoms with Crippen LogP contribution in [0.1, 0.15) is 36.8 Å². The van der Waals surface area contributed by atoms with Crippen LogP contribution in [0.25, 0.3) is 5.57 Å². The Hall–Kier alpha value is -4.62. The van der Waals surface area contributed by atoms with E-state index in [1.54, 1.807) is 0 Å². The molecule has 3 saturated heterocycles. The molecular weight excluding hydrogens is 606 g/mol. The number of piperidine rings is 2. The van der Waals surface area contributed by atoms with Crippen LogP contribution in [0.5, 0.6) is 5.75 Å². The van der Waals surface area contributed by atoms with Gasteiger partial charge in [-0.15, -0.1) is 0 Å². The van der Waals surface area contributed by atoms with Crippen molar-refractivity contribution in [1.29, 1.82) is 0 Å². The molecule has 2 aromatic rings. The van der Waals surface area contributed by atoms with E-state index in [-0.39, 0.29) is 62.8 Å². The number of hydrogen-bond donors (Lipinski definition) is 4. The second-order valence-corrected chi connectivity index (χ2v) is 11.7. The highest BCUT2D eigenvalue weighted by molar-refractivity contribution is 5.83. The molecule has 3 fully saturated rings. The number of nitrogens with one attached hydrogen (secondary N) is 3. The van der Waals surface area contributed by atoms with Gasteiger partial charge in [-0.3, -0.25) is 9.59 Å². The van der Waals surface area contributed by atoms with Crippen molar-refractivity contribution >= 4 is 29.5 Å². The highest BCUT2D eigenvalue weighted by atomic mass is 16.5. The maximum atomic E-state index is 13.5. The Morgan fingerprint density at radius 3 is 2.47 bits per heavy atom. The van der Waals surface area contributed by atoms with Gasteiger partial charge in [0.1, 0.15) is 19.0 Å². The lowest BCUT2D eigenvalue weighted by Crippen LogP contribution is -2.62. The number of benzene rings is 2. The van der Waals surface area contributed by atoms with E-state index in [4.69, 9.17) is 19.3 Å². The third kappa shape index (κ3) is 9.69. The number of amides is 5. The average molecular weight is 650 g/mol. The fraction of sp³-hybridized carbons (Fsp3) is 0.471. The number of likely N-dealkylation sites (tertiary alicyclic amines) is 2. The topological polar surface area (TPSA) is 159 Å². The van der Waals surface area contributed by atoms with E-state index in [1.165, 1.54) is 5.57 Å². The highest BCUT2D eigenvalue weighted by Crippen LogP contribution is 2.34. The largest absolute Gasteiger partial charge is 0.492 e. The fourth-order valence-corrected chi connectivity index (χ4v) is 6.16. The smallest absolute Gasteiger partial charge is 0.404 e. The number of carbonyl (C=O) groups excluding carboxylic acids is 3. The molecule has 13 nitrogen and oxygen atoms in total. The Bertz CT molecular complexity index is 1420. The highest BCUT2D eigenvalue weighted by Gasteiger charge is 2.37. The number of carbonyl (C=O) groups is 4. The van der Waals surface area contributed by atoms with Crippen molar-refractivity contribution in [3.63, 3.8) is 0 Å². The first kappa shape index (κ1) is 33.7. The van der Waals surface area contributed by atoms with E-state index < -0.39 is 6.09 Å². The fourth-order valence-electron chi connectivity index (χ4n) is 6.16. The lowest BCUT2D eigenvalue weighted by molar-refractivity contribution is -0.139. The van der Waals surface area contributed by atoms with Gasteiger partial charge in [0.2, 0.25) is 11.8 Å². The zero-order valence-corrected chi connectivity index (χ0v) is 26.4. The number of nitrogens with zero attached hydrogens (tertiary/aromatic N) is 2. The van der Waals surface area contributed by atoms with Crippen molar-refractivity contribution in [3.05, 3.63) is 71.3 Å². The molecule has 3 aliphatic rings. The van der Waals surface area contributed by atoms with E-state index >= 15 is 0 Å². The van der Waals surface area contributed by atoms with Crippen LogP contribution in [0.4, 0.5) is 9.59 Å². The molecule has 5 amide bonds. The molecular formula is C34H43N5O8. The Morgan fingerprint density at radius 1 is 0.915 bits per heavy atom. The molecule has 0 bridgehead atoms. The minimum Gasteiger partial charge on any atom is -0.492 e. The number of carboxylic acid groups (broad SMARTS) is 1. The summed E-state index contributed by atoms with van der Waals surface area (Å²) in [5, 5.41) is 16.5. The molecule has 0 spiro atoms. The number of urea groups is 1. The molecule has 3 heterocycles. The molecule has 3 aliphatic heterocycles. The summed E-state index contributed by atoms with van der Waals surface area (Å²) in [5.74, 6) is 0.384. The zero-order valence-electron chi connectivity index (χ0n) is 26.4. The van der Waals surface area contributed by atoms with E-state index in [0.717, 1.165) is 29.5 Å². The van der Waals surface area contributed by atoms with Gasteiger partial charge >= 0.3 is 12.1 Å². The van der Waals surface area contributed by atoms with Crippen molar-refractivity contribution in [2.45, 2.75) is 37.8 Å². The second kappa shape index (κ2) is 16.8. The first-order valence-electron chi connectivity index (χ1n) is 16.1. The molecule has 252 valence electrons. The Morgan fingerprint density at radius 2 is 1.68 bits per heavy atom. The summed E-state index contributed by atoms with van der Waals surface area (Å²) in [6.45, 7) is 3.58. The summed E-state index contributed by atoms with van der Waals surface area (Å²) in [6, 6.07) is 18.0. The van der Waals surface area contributed by atoms with Crippen LogP contribution in [0, 0.1) is 0 Å². The first-order valence-corrected chi connectivity index (χ1v) is 16.1. The van der Waals surface area contributed by atoms with Crippen LogP contribution in [0.15, 0.2) is 60.2 Å². The van der Waals surface area contributed by atoms with Gasteiger partial charge in [0.05, 0.1) is 31.9 Å². The summed E-state index contributed by atoms with van der Waals surface area (Å²) in [7, 11) is 0. The molecule has 2 aromatic carbocycles. The number of rotatable bonds is 12. The van der Waals surface area contributed by atoms with Crippen molar-refractivity contribution in [2.75, 3.05) is 65.7 Å². The van der Waals surface area contributed by atoms with Gasteiger partial charge < -0.3 is 45.1 Å². The molecule has 0 unspecified atom stereocenters. The summed E-state index contributed by atoms with van der Waals surface area (Å²) < 4.78 is 16.9. The maximum absolute atomic E-state index is 13.5. The predicted octanol–water partition coefficient (Wildman–Crippen LogP) is 2.46. The zero-order chi connectivity index (χ0) is 33.0. The SMILES string of the molecule is O=C(O)NCCOCCC(=O)NCCOc1cccc(C(=C2CCN(C(=O)N3CC[C@@H]4OCC(=O)N[C@@H]4C3)CC2)c2ccccc2)c1. The van der Waals surface area contributed by atoms with Gasteiger partial charge in [0, 0.05) is 39.1 Å². The van der Waals surface area contributed by atoms with E-state index in [9.17, 15) is 19.2 Å². The van der Waals surface area contributed by atoms with Crippen LogP contribution in [0.2, 0.25) is 0 Å². The quantitative estimate of drug-likeness (QED) is 0.255. The molecule has 13 heteroatoms. The minimum absolute atomic E-state index is 0.00615. The van der Waals surface area contributed by atoms with Crippen LogP contribution < -0.4 is 20.7 Å². The Labute approximate surface area is 274 Å². The first-order chi connectivity index (χ1) is 22.9. The van der Waals surface area contributed by atoms with Gasteiger partial charge in [-0.25, -0.2) is 9.59 Å². The maximum Gasteiger partial charge on any atom is 0.404 e. The van der Waals surface area contributed by atoms with Gasteiger partial charge in [-0.05, 0) is 48.1 Å². The lowest BCUT2D eigenvalue weighted by atomic mass is 9.88. The summed E-state index contributed by atoms with van der Waals surface area (Å²) in [5.41, 5.74) is 4.54. The van der Waals surface area contributed by atoms with E-state index in [0.29, 0.717) is 51.5 Å². The Balaban J connectivity index is 1.15. The molecule has 2 atom stereocenters. The standard InChI is InChI=1S/C34H43N5O8/c40-30(12-18-45-19-13-36-33(42)43)35-14-20-46-27-8-4-7-26(21-27)32(24-5-2-1-3-6-24)25-9-15-38(16-10-25)34(44)39-17-11-29-28(22-39)37-31(41)23-47-29/h1-8,21,28-29,36H,9-20,22-23H2,(H,35,40)(H,37,41)(H,42,43)/t28-,29+/m1/s1. The van der Waals surface area contributed by atoms with Gasteiger partial charge in [-0.1, -0.05) is 48.0 Å². The third-order valence-corrected chi connectivity index (χ3v) is 8.46. The predicted molar refractivity (Wildman–Crippen MR) is 173 cm³/mol. The number of hydrogen-bond acceptors (Lipinski definition) is 7. The van der Waals surface area contributed by atoms with Crippen molar-refractivity contribution < 1.29 is 38.5 Å². The minimum atomic E-state index is -1.11. The van der Waals surface area contributed by atoms with Gasteiger partial charge in [0.25, 0.3) is 0 Å². The normalized spacial score (nSPS) is 19.3. The van der Waals surface area contributed by atoms with Crippen LogP contribution in [-0.2, 0) is 19.1 Å². The Kier molecular flexibility index (Phi) is 12.1. The third-order valence-electron chi connectivity index (χ3n) is 8.46. The van der Waals surface area contributed by atoms with E-state index in [1.807, 2.05) is 46.2 Å². The molecule has 0 radical (unpaired) electrons. The average Bonchev–Trinajstić information content (AvgIpc) is 3.08. The van der Waals surface area contributed by atoms with E-state index in [2.05, 4.69) is 34.1 Å². The summed E-state index contributed by atoms with van der Waals surface area (Å²) in [6.07, 6.45) is 1.22. The summed E-state index contributed by atoms with van der Waals surface area (Å²) >= 11 is 0. The molecule has 4 N–H and O–H groups in total. The van der Waals surface area contributed by atoms with Gasteiger partial charge in [0.15, 0.2) is 0 Å². The number of morpholine rings is 1. The number of fused-ring (bicyclic) bond motifs is 1.